The van der Waals surface area contributed by atoms with Crippen LogP contribution < -0.4 is 4.90 Å². The van der Waals surface area contributed by atoms with Gasteiger partial charge in [0.1, 0.15) is 0 Å². The molecule has 1 aromatic heterocycles. The smallest absolute Gasteiger partial charge is 0.0476 e. The number of hydrogen-bond donors (Lipinski definition) is 0. The van der Waals surface area contributed by atoms with Gasteiger partial charge < -0.3 is 4.90 Å². The predicted molar refractivity (Wildman–Crippen MR) is 209 cm³/mol. The van der Waals surface area contributed by atoms with Crippen molar-refractivity contribution in [1.82, 2.24) is 0 Å². The molecule has 48 heavy (non-hydrogen) atoms. The van der Waals surface area contributed by atoms with Crippen molar-refractivity contribution in [3.05, 3.63) is 176 Å². The second-order valence-electron chi connectivity index (χ2n) is 12.6. The summed E-state index contributed by atoms with van der Waals surface area (Å²) in [6, 6.07) is 64.5. The van der Waals surface area contributed by atoms with Crippen LogP contribution in [0.5, 0.6) is 0 Å². The standard InChI is InChI=1S/C46H29NS/c1-3-13-33-26-35(22-20-30(33)10-1)47(36-23-21-31-11-2-4-14-34(31)27-36)37-24-25-41-44-29-43(39-19-9-15-32-12-5-6-16-38(32)39)40-17-7-8-18-42(40)46(44)48-45(41)28-37/h1-29H. The fourth-order valence-electron chi connectivity index (χ4n) is 7.49. The van der Waals surface area contributed by atoms with E-state index in [0.717, 1.165) is 17.1 Å². The van der Waals surface area contributed by atoms with Crippen LogP contribution in [0.1, 0.15) is 0 Å². The largest absolute Gasteiger partial charge is 0.310 e. The van der Waals surface area contributed by atoms with Crippen molar-refractivity contribution in [3.8, 4) is 11.1 Å². The Balaban J connectivity index is 1.21. The molecule has 0 aliphatic carbocycles. The van der Waals surface area contributed by atoms with E-state index in [9.17, 15) is 0 Å². The summed E-state index contributed by atoms with van der Waals surface area (Å²) in [5.41, 5.74) is 6.01. The molecular formula is C46H29NS. The Bertz CT molecular complexity index is 2780. The highest BCUT2D eigenvalue weighted by Gasteiger charge is 2.18. The van der Waals surface area contributed by atoms with Crippen LogP contribution in [0.15, 0.2) is 176 Å². The molecule has 0 saturated heterocycles. The van der Waals surface area contributed by atoms with Crippen LogP contribution in [0.25, 0.3) is 74.4 Å². The van der Waals surface area contributed by atoms with E-state index in [-0.39, 0.29) is 0 Å². The Hall–Kier alpha value is -5.96. The lowest BCUT2D eigenvalue weighted by molar-refractivity contribution is 1.30. The molecule has 0 N–H and O–H groups in total. The van der Waals surface area contributed by atoms with Crippen LogP contribution in [0, 0.1) is 0 Å². The molecular weight excluding hydrogens is 599 g/mol. The van der Waals surface area contributed by atoms with E-state index < -0.39 is 0 Å². The van der Waals surface area contributed by atoms with Crippen molar-refractivity contribution in [3.63, 3.8) is 0 Å². The van der Waals surface area contributed by atoms with Gasteiger partial charge in [0.2, 0.25) is 0 Å². The third-order valence-corrected chi connectivity index (χ3v) is 11.0. The highest BCUT2D eigenvalue weighted by Crippen LogP contribution is 2.46. The average molecular weight is 628 g/mol. The summed E-state index contributed by atoms with van der Waals surface area (Å²) in [7, 11) is 0. The normalized spacial score (nSPS) is 11.8. The Morgan fingerprint density at radius 1 is 0.312 bits per heavy atom. The van der Waals surface area contributed by atoms with Crippen LogP contribution in [0.2, 0.25) is 0 Å². The van der Waals surface area contributed by atoms with Crippen molar-refractivity contribution < 1.29 is 0 Å². The lowest BCUT2D eigenvalue weighted by atomic mass is 9.92. The summed E-state index contributed by atoms with van der Waals surface area (Å²) in [6.07, 6.45) is 0. The first-order chi connectivity index (χ1) is 23.8. The third kappa shape index (κ3) is 4.31. The van der Waals surface area contributed by atoms with Crippen LogP contribution in [-0.4, -0.2) is 0 Å². The second-order valence-corrected chi connectivity index (χ2v) is 13.6. The summed E-state index contributed by atoms with van der Waals surface area (Å²) >= 11 is 1.90. The zero-order chi connectivity index (χ0) is 31.6. The minimum absolute atomic E-state index is 1.15. The molecule has 1 heterocycles. The molecule has 9 aromatic carbocycles. The van der Waals surface area contributed by atoms with Gasteiger partial charge in [-0.3, -0.25) is 0 Å². The maximum atomic E-state index is 2.43. The van der Waals surface area contributed by atoms with E-state index in [1.165, 1.54) is 74.4 Å². The number of anilines is 3. The van der Waals surface area contributed by atoms with Crippen molar-refractivity contribution in [2.75, 3.05) is 4.90 Å². The summed E-state index contributed by atoms with van der Waals surface area (Å²) in [5, 5.41) is 12.7. The first kappa shape index (κ1) is 27.2. The Kier molecular flexibility index (Phi) is 6.12. The predicted octanol–water partition coefficient (Wildman–Crippen LogP) is 13.8. The Morgan fingerprint density at radius 3 is 1.56 bits per heavy atom. The van der Waals surface area contributed by atoms with Crippen LogP contribution in [-0.2, 0) is 0 Å². The maximum Gasteiger partial charge on any atom is 0.0476 e. The van der Waals surface area contributed by atoms with Gasteiger partial charge in [0.15, 0.2) is 0 Å². The molecule has 10 aromatic rings. The molecule has 0 aliphatic rings. The molecule has 224 valence electrons. The second kappa shape index (κ2) is 10.8. The van der Waals surface area contributed by atoms with Gasteiger partial charge in [0.25, 0.3) is 0 Å². The van der Waals surface area contributed by atoms with Crippen molar-refractivity contribution in [2.24, 2.45) is 0 Å². The van der Waals surface area contributed by atoms with Gasteiger partial charge in [0, 0.05) is 42.6 Å². The summed E-state index contributed by atoms with van der Waals surface area (Å²) in [4.78, 5) is 2.41. The number of rotatable bonds is 4. The zero-order valence-electron chi connectivity index (χ0n) is 26.1. The molecule has 0 bridgehead atoms. The fourth-order valence-corrected chi connectivity index (χ4v) is 8.74. The van der Waals surface area contributed by atoms with Gasteiger partial charge in [-0.25, -0.2) is 0 Å². The first-order valence-corrected chi connectivity index (χ1v) is 17.2. The molecule has 10 rings (SSSR count). The number of fused-ring (bicyclic) bond motifs is 8. The number of hydrogen-bond acceptors (Lipinski definition) is 2. The summed E-state index contributed by atoms with van der Waals surface area (Å²) in [6.45, 7) is 0. The van der Waals surface area contributed by atoms with E-state index in [2.05, 4.69) is 181 Å². The van der Waals surface area contributed by atoms with Crippen molar-refractivity contribution in [2.45, 2.75) is 0 Å². The van der Waals surface area contributed by atoms with E-state index in [1.807, 2.05) is 11.3 Å². The molecule has 0 fully saturated rings. The molecule has 0 atom stereocenters. The van der Waals surface area contributed by atoms with Crippen LogP contribution in [0.4, 0.5) is 17.1 Å². The summed E-state index contributed by atoms with van der Waals surface area (Å²) in [5.74, 6) is 0. The van der Waals surface area contributed by atoms with Gasteiger partial charge in [-0.2, -0.15) is 0 Å². The van der Waals surface area contributed by atoms with Gasteiger partial charge >= 0.3 is 0 Å². The summed E-state index contributed by atoms with van der Waals surface area (Å²) < 4.78 is 2.62. The number of nitrogens with zero attached hydrogens (tertiary/aromatic N) is 1. The van der Waals surface area contributed by atoms with E-state index >= 15 is 0 Å². The number of thiophene rings is 1. The molecule has 2 heteroatoms. The Morgan fingerprint density at radius 2 is 0.854 bits per heavy atom. The highest BCUT2D eigenvalue weighted by molar-refractivity contribution is 7.26. The maximum absolute atomic E-state index is 2.43. The number of benzene rings is 9. The molecule has 0 saturated carbocycles. The van der Waals surface area contributed by atoms with Crippen molar-refractivity contribution in [1.29, 1.82) is 0 Å². The zero-order valence-corrected chi connectivity index (χ0v) is 26.9. The monoisotopic (exact) mass is 627 g/mol. The van der Waals surface area contributed by atoms with Crippen molar-refractivity contribution >= 4 is 91.7 Å². The lowest BCUT2D eigenvalue weighted by Gasteiger charge is -2.26. The molecule has 1 nitrogen and oxygen atoms in total. The minimum Gasteiger partial charge on any atom is -0.310 e. The SMILES string of the molecule is c1ccc2cc(N(c3ccc4ccccc4c3)c3ccc4c(c3)sc3c5ccccc5c(-c5cccc6ccccc56)cc43)ccc2c1. The average Bonchev–Trinajstić information content (AvgIpc) is 3.52. The molecule has 0 amide bonds. The fraction of sp³-hybridized carbons (Fsp3) is 0. The third-order valence-electron chi connectivity index (χ3n) is 9.78. The van der Waals surface area contributed by atoms with Gasteiger partial charge in [0.05, 0.1) is 0 Å². The minimum atomic E-state index is 1.15. The van der Waals surface area contributed by atoms with Crippen LogP contribution in [0.3, 0.4) is 0 Å². The first-order valence-electron chi connectivity index (χ1n) is 16.4. The molecule has 0 radical (unpaired) electrons. The highest BCUT2D eigenvalue weighted by atomic mass is 32.1. The Labute approximate surface area is 282 Å². The van der Waals surface area contributed by atoms with E-state index in [4.69, 9.17) is 0 Å². The topological polar surface area (TPSA) is 3.24 Å². The van der Waals surface area contributed by atoms with Gasteiger partial charge in [-0.15, -0.1) is 11.3 Å². The van der Waals surface area contributed by atoms with E-state index in [1.54, 1.807) is 0 Å². The molecule has 0 aliphatic heterocycles. The van der Waals surface area contributed by atoms with E-state index in [0.29, 0.717) is 0 Å². The lowest BCUT2D eigenvalue weighted by Crippen LogP contribution is -2.09. The van der Waals surface area contributed by atoms with Gasteiger partial charge in [-0.05, 0) is 91.3 Å². The van der Waals surface area contributed by atoms with Gasteiger partial charge in [-0.1, -0.05) is 133 Å². The molecule has 0 spiro atoms. The quantitative estimate of drug-likeness (QED) is 0.188. The molecule has 0 unspecified atom stereocenters. The van der Waals surface area contributed by atoms with Crippen LogP contribution >= 0.6 is 11.3 Å².